The van der Waals surface area contributed by atoms with E-state index in [1.165, 1.54) is 17.7 Å². The fourth-order valence-corrected chi connectivity index (χ4v) is 3.73. The zero-order valence-electron chi connectivity index (χ0n) is 14.9. The molecule has 6 nitrogen and oxygen atoms in total. The lowest BCUT2D eigenvalue weighted by Gasteiger charge is -2.11. The van der Waals surface area contributed by atoms with Crippen LogP contribution in [0.25, 0.3) is 10.3 Å². The lowest BCUT2D eigenvalue weighted by atomic mass is 10.1. The van der Waals surface area contributed by atoms with Gasteiger partial charge in [0.1, 0.15) is 16.7 Å². The van der Waals surface area contributed by atoms with Gasteiger partial charge in [-0.15, -0.1) is 0 Å². The number of fused-ring (bicyclic) bond motifs is 1. The maximum Gasteiger partial charge on any atom is 0.221 e. The van der Waals surface area contributed by atoms with Gasteiger partial charge in [0.2, 0.25) is 5.78 Å². The molecule has 2 N–H and O–H groups in total. The predicted octanol–water partition coefficient (Wildman–Crippen LogP) is 3.85. The molecule has 0 saturated carbocycles. The smallest absolute Gasteiger partial charge is 0.221 e. The summed E-state index contributed by atoms with van der Waals surface area (Å²) in [6.45, 7) is 0.516. The van der Waals surface area contributed by atoms with E-state index in [2.05, 4.69) is 20.3 Å². The molecule has 0 amide bonds. The van der Waals surface area contributed by atoms with Crippen molar-refractivity contribution < 1.29 is 9.90 Å². The summed E-state index contributed by atoms with van der Waals surface area (Å²) in [7, 11) is 0. The molecule has 4 rings (SSSR count). The molecule has 0 bridgehead atoms. The molecule has 0 fully saturated rings. The van der Waals surface area contributed by atoms with Crippen molar-refractivity contribution in [3.05, 3.63) is 83.1 Å². The Bertz CT molecular complexity index is 1080. The van der Waals surface area contributed by atoms with Gasteiger partial charge in [-0.3, -0.25) is 4.79 Å². The molecular formula is C21H18N4O2S. The van der Waals surface area contributed by atoms with Crippen molar-refractivity contribution in [2.75, 3.05) is 11.9 Å². The minimum atomic E-state index is -0.559. The highest BCUT2D eigenvalue weighted by Gasteiger charge is 2.17. The van der Waals surface area contributed by atoms with Gasteiger partial charge in [0, 0.05) is 12.1 Å². The number of hydrogen-bond acceptors (Lipinski definition) is 7. The standard InChI is InChI=1S/C21H18N4O2S/c26-16(14-7-3-1-4-8-14)11-12-22-19-17-20(24-13-23-19)28-21(25-17)18(27)15-9-5-2-6-10-15/h1-10,13,16,26H,11-12H2,(H,22,23,24). The van der Waals surface area contributed by atoms with Crippen LogP contribution in [0, 0.1) is 0 Å². The van der Waals surface area contributed by atoms with Gasteiger partial charge in [0.25, 0.3) is 0 Å². The summed E-state index contributed by atoms with van der Waals surface area (Å²) in [5.74, 6) is 0.433. The monoisotopic (exact) mass is 390 g/mol. The molecule has 2 aromatic heterocycles. The van der Waals surface area contributed by atoms with Gasteiger partial charge in [-0.2, -0.15) is 0 Å². The third kappa shape index (κ3) is 3.90. The molecule has 0 aliphatic carbocycles. The number of aliphatic hydroxyl groups is 1. The molecule has 0 spiro atoms. The minimum Gasteiger partial charge on any atom is -0.388 e. The Morgan fingerprint density at radius 2 is 1.75 bits per heavy atom. The number of hydrogen-bond donors (Lipinski definition) is 2. The van der Waals surface area contributed by atoms with E-state index in [0.717, 1.165) is 5.56 Å². The highest BCUT2D eigenvalue weighted by atomic mass is 32.1. The summed E-state index contributed by atoms with van der Waals surface area (Å²) in [6.07, 6.45) is 1.42. The lowest BCUT2D eigenvalue weighted by molar-refractivity contribution is 0.103. The van der Waals surface area contributed by atoms with E-state index in [1.54, 1.807) is 12.1 Å². The number of rotatable bonds is 7. The zero-order chi connectivity index (χ0) is 19.3. The molecule has 0 aliphatic heterocycles. The molecule has 7 heteroatoms. The van der Waals surface area contributed by atoms with Crippen molar-refractivity contribution in [1.82, 2.24) is 15.0 Å². The number of aliphatic hydroxyl groups excluding tert-OH is 1. The average molecular weight is 390 g/mol. The molecular weight excluding hydrogens is 372 g/mol. The highest BCUT2D eigenvalue weighted by molar-refractivity contribution is 7.20. The van der Waals surface area contributed by atoms with Gasteiger partial charge in [-0.05, 0) is 12.0 Å². The van der Waals surface area contributed by atoms with E-state index in [-0.39, 0.29) is 5.78 Å². The Kier molecular flexibility index (Phi) is 5.36. The normalized spacial score (nSPS) is 12.0. The number of nitrogens with zero attached hydrogens (tertiary/aromatic N) is 3. The van der Waals surface area contributed by atoms with Gasteiger partial charge in [-0.1, -0.05) is 72.0 Å². The van der Waals surface area contributed by atoms with Crippen LogP contribution in [0.1, 0.15) is 33.5 Å². The van der Waals surface area contributed by atoms with Gasteiger partial charge >= 0.3 is 0 Å². The van der Waals surface area contributed by atoms with Crippen LogP contribution in [0.15, 0.2) is 67.0 Å². The summed E-state index contributed by atoms with van der Waals surface area (Å²) in [5.41, 5.74) is 2.04. The van der Waals surface area contributed by atoms with Crippen molar-refractivity contribution in [3.63, 3.8) is 0 Å². The Morgan fingerprint density at radius 1 is 1.04 bits per heavy atom. The number of aromatic nitrogens is 3. The summed E-state index contributed by atoms with van der Waals surface area (Å²) in [5, 5.41) is 13.9. The fourth-order valence-electron chi connectivity index (χ4n) is 2.86. The van der Waals surface area contributed by atoms with Crippen molar-refractivity contribution in [3.8, 4) is 0 Å². The van der Waals surface area contributed by atoms with Gasteiger partial charge < -0.3 is 10.4 Å². The first-order valence-electron chi connectivity index (χ1n) is 8.90. The van der Waals surface area contributed by atoms with E-state index in [9.17, 15) is 9.90 Å². The van der Waals surface area contributed by atoms with E-state index in [0.29, 0.717) is 39.7 Å². The van der Waals surface area contributed by atoms with Gasteiger partial charge in [0.05, 0.1) is 6.10 Å². The summed E-state index contributed by atoms with van der Waals surface area (Å²) < 4.78 is 0. The number of nitrogens with one attached hydrogen (secondary N) is 1. The van der Waals surface area contributed by atoms with E-state index in [4.69, 9.17) is 0 Å². The molecule has 2 aromatic carbocycles. The summed E-state index contributed by atoms with van der Waals surface area (Å²) in [4.78, 5) is 26.2. The van der Waals surface area contributed by atoms with Crippen molar-refractivity contribution in [2.24, 2.45) is 0 Å². The van der Waals surface area contributed by atoms with Crippen LogP contribution in [-0.2, 0) is 0 Å². The lowest BCUT2D eigenvalue weighted by Crippen LogP contribution is -2.09. The van der Waals surface area contributed by atoms with E-state index >= 15 is 0 Å². The molecule has 28 heavy (non-hydrogen) atoms. The van der Waals surface area contributed by atoms with Gasteiger partial charge in [-0.25, -0.2) is 15.0 Å². The molecule has 4 aromatic rings. The van der Waals surface area contributed by atoms with Crippen LogP contribution < -0.4 is 5.32 Å². The van der Waals surface area contributed by atoms with Crippen molar-refractivity contribution >= 4 is 33.3 Å². The van der Waals surface area contributed by atoms with Gasteiger partial charge in [0.15, 0.2) is 10.8 Å². The minimum absolute atomic E-state index is 0.131. The van der Waals surface area contributed by atoms with Crippen LogP contribution >= 0.6 is 11.3 Å². The molecule has 1 atom stereocenters. The summed E-state index contributed by atoms with van der Waals surface area (Å²) >= 11 is 1.25. The quantitative estimate of drug-likeness (QED) is 0.466. The van der Waals surface area contributed by atoms with Crippen LogP contribution in [0.2, 0.25) is 0 Å². The maximum atomic E-state index is 12.6. The van der Waals surface area contributed by atoms with Crippen LogP contribution in [0.3, 0.4) is 0 Å². The number of ketones is 1. The maximum absolute atomic E-state index is 12.6. The largest absolute Gasteiger partial charge is 0.388 e. The Balaban J connectivity index is 1.49. The molecule has 0 saturated heterocycles. The highest BCUT2D eigenvalue weighted by Crippen LogP contribution is 2.26. The van der Waals surface area contributed by atoms with E-state index < -0.39 is 6.10 Å². The first kappa shape index (κ1) is 18.2. The first-order valence-corrected chi connectivity index (χ1v) is 9.72. The number of carbonyl (C=O) groups is 1. The second-order valence-electron chi connectivity index (χ2n) is 6.23. The Morgan fingerprint density at radius 3 is 2.50 bits per heavy atom. The first-order chi connectivity index (χ1) is 13.7. The summed E-state index contributed by atoms with van der Waals surface area (Å²) in [6, 6.07) is 18.6. The number of anilines is 1. The topological polar surface area (TPSA) is 88.0 Å². The molecule has 0 radical (unpaired) electrons. The molecule has 0 aliphatic rings. The molecule has 1 unspecified atom stereocenters. The number of benzene rings is 2. The van der Waals surface area contributed by atoms with E-state index in [1.807, 2.05) is 48.5 Å². The van der Waals surface area contributed by atoms with Crippen LogP contribution in [-0.4, -0.2) is 32.4 Å². The Labute approximate surface area is 165 Å². The fraction of sp³-hybridized carbons (Fsp3) is 0.143. The second-order valence-corrected chi connectivity index (χ2v) is 7.21. The average Bonchev–Trinajstić information content (AvgIpc) is 3.19. The SMILES string of the molecule is O=C(c1ccccc1)c1nc2c(NCCC(O)c3ccccc3)ncnc2s1. The Hall–Kier alpha value is -3.16. The van der Waals surface area contributed by atoms with Crippen LogP contribution in [0.4, 0.5) is 5.82 Å². The number of carbonyl (C=O) groups excluding carboxylic acids is 1. The zero-order valence-corrected chi connectivity index (χ0v) is 15.8. The van der Waals surface area contributed by atoms with Crippen molar-refractivity contribution in [2.45, 2.75) is 12.5 Å². The van der Waals surface area contributed by atoms with Crippen molar-refractivity contribution in [1.29, 1.82) is 0 Å². The molecule has 2 heterocycles. The molecule has 140 valence electrons. The number of thiazole rings is 1. The predicted molar refractivity (Wildman–Crippen MR) is 110 cm³/mol. The third-order valence-electron chi connectivity index (χ3n) is 4.32. The second kappa shape index (κ2) is 8.24. The third-order valence-corrected chi connectivity index (χ3v) is 5.28. The van der Waals surface area contributed by atoms with Crippen LogP contribution in [0.5, 0.6) is 0 Å².